The minimum Gasteiger partial charge on any atom is -0.497 e. The third-order valence-electron chi connectivity index (χ3n) is 3.81. The maximum Gasteiger partial charge on any atom is 0.158 e. The van der Waals surface area contributed by atoms with Gasteiger partial charge in [0.05, 0.1) is 26.5 Å². The first-order chi connectivity index (χ1) is 12.1. The molecule has 0 aliphatic heterocycles. The first-order valence-corrected chi connectivity index (χ1v) is 7.98. The van der Waals surface area contributed by atoms with Crippen molar-refractivity contribution in [3.63, 3.8) is 0 Å². The summed E-state index contributed by atoms with van der Waals surface area (Å²) >= 11 is 0. The molecule has 7 nitrogen and oxygen atoms in total. The zero-order valence-corrected chi connectivity index (χ0v) is 14.9. The first-order valence-electron chi connectivity index (χ1n) is 7.98. The molecule has 0 saturated heterocycles. The molecular weight excluding hydrogens is 320 g/mol. The lowest BCUT2D eigenvalue weighted by Gasteiger charge is -2.08. The van der Waals surface area contributed by atoms with E-state index in [0.29, 0.717) is 24.7 Å². The van der Waals surface area contributed by atoms with Crippen LogP contribution in [0.3, 0.4) is 0 Å². The molecule has 1 N–H and O–H groups in total. The molecule has 0 radical (unpaired) electrons. The fraction of sp³-hybridized carbons (Fsp3) is 0.333. The van der Waals surface area contributed by atoms with Crippen LogP contribution in [0.15, 0.2) is 30.3 Å². The number of nitrogens with one attached hydrogen (secondary N) is 1. The molecular formula is C18H22N4O3. The van der Waals surface area contributed by atoms with Crippen LogP contribution in [0.4, 0.5) is 5.82 Å². The predicted octanol–water partition coefficient (Wildman–Crippen LogP) is 2.78. The maximum atomic E-state index is 5.34. The number of rotatable bonds is 7. The summed E-state index contributed by atoms with van der Waals surface area (Å²) in [5, 5.41) is 8.02. The van der Waals surface area contributed by atoms with Gasteiger partial charge in [0.2, 0.25) is 0 Å². The molecule has 3 aromatic rings. The molecule has 2 heterocycles. The van der Waals surface area contributed by atoms with Gasteiger partial charge in [-0.15, -0.1) is 0 Å². The highest BCUT2D eigenvalue weighted by Gasteiger charge is 2.12. The second kappa shape index (κ2) is 7.40. The summed E-state index contributed by atoms with van der Waals surface area (Å²) in [6, 6.07) is 9.60. The highest BCUT2D eigenvalue weighted by Crippen LogP contribution is 2.30. The summed E-state index contributed by atoms with van der Waals surface area (Å²) in [6.07, 6.45) is 0. The molecule has 1 aromatic carbocycles. The van der Waals surface area contributed by atoms with E-state index in [1.165, 1.54) is 0 Å². The molecule has 0 aliphatic carbocycles. The molecule has 25 heavy (non-hydrogen) atoms. The SMILES string of the molecule is COCCNc1cc(C)nc2cc(-c3cc(OC)cc(OC)c3)nn12. The van der Waals surface area contributed by atoms with Gasteiger partial charge < -0.3 is 19.5 Å². The van der Waals surface area contributed by atoms with Gasteiger partial charge in [-0.05, 0) is 19.1 Å². The maximum absolute atomic E-state index is 5.34. The Balaban J connectivity index is 2.05. The van der Waals surface area contributed by atoms with Gasteiger partial charge in [-0.2, -0.15) is 9.61 Å². The lowest BCUT2D eigenvalue weighted by Crippen LogP contribution is -2.11. The molecule has 0 fully saturated rings. The Kier molecular flexibility index (Phi) is 5.04. The van der Waals surface area contributed by atoms with Crippen LogP contribution < -0.4 is 14.8 Å². The van der Waals surface area contributed by atoms with E-state index >= 15 is 0 Å². The van der Waals surface area contributed by atoms with Crippen LogP contribution in [0, 0.1) is 6.92 Å². The third kappa shape index (κ3) is 3.66. The standard InChI is InChI=1S/C18H22N4O3/c1-12-7-17(19-5-6-23-2)22-18(20-12)11-16(21-22)13-8-14(24-3)10-15(9-13)25-4/h7-11,19H,5-6H2,1-4H3. The average molecular weight is 342 g/mol. The Labute approximate surface area is 146 Å². The van der Waals surface area contributed by atoms with Crippen molar-refractivity contribution >= 4 is 11.5 Å². The minimum absolute atomic E-state index is 0.615. The summed E-state index contributed by atoms with van der Waals surface area (Å²) in [6.45, 7) is 3.27. The van der Waals surface area contributed by atoms with E-state index in [0.717, 1.165) is 28.4 Å². The summed E-state index contributed by atoms with van der Waals surface area (Å²) in [7, 11) is 4.94. The van der Waals surface area contributed by atoms with Gasteiger partial charge in [0.1, 0.15) is 17.3 Å². The number of aryl methyl sites for hydroxylation is 1. The molecule has 0 saturated carbocycles. The third-order valence-corrected chi connectivity index (χ3v) is 3.81. The molecule has 0 spiro atoms. The zero-order valence-electron chi connectivity index (χ0n) is 14.9. The number of benzene rings is 1. The van der Waals surface area contributed by atoms with Crippen molar-refractivity contribution in [2.45, 2.75) is 6.92 Å². The van der Waals surface area contributed by atoms with Crippen LogP contribution in [0.5, 0.6) is 11.5 Å². The molecule has 132 valence electrons. The molecule has 0 bridgehead atoms. The van der Waals surface area contributed by atoms with E-state index < -0.39 is 0 Å². The Morgan fingerprint density at radius 3 is 2.36 bits per heavy atom. The summed E-state index contributed by atoms with van der Waals surface area (Å²) < 4.78 is 17.6. The van der Waals surface area contributed by atoms with Crippen molar-refractivity contribution in [1.29, 1.82) is 0 Å². The van der Waals surface area contributed by atoms with Crippen LogP contribution in [0.25, 0.3) is 16.9 Å². The van der Waals surface area contributed by atoms with Gasteiger partial charge >= 0.3 is 0 Å². The topological polar surface area (TPSA) is 69.9 Å². The Morgan fingerprint density at radius 2 is 1.72 bits per heavy atom. The highest BCUT2D eigenvalue weighted by molar-refractivity contribution is 5.68. The lowest BCUT2D eigenvalue weighted by atomic mass is 10.1. The van der Waals surface area contributed by atoms with Gasteiger partial charge in [0.25, 0.3) is 0 Å². The Morgan fingerprint density at radius 1 is 1.00 bits per heavy atom. The molecule has 0 atom stereocenters. The van der Waals surface area contributed by atoms with E-state index in [1.807, 2.05) is 37.3 Å². The second-order valence-corrected chi connectivity index (χ2v) is 5.60. The van der Waals surface area contributed by atoms with Gasteiger partial charge in [0.15, 0.2) is 5.65 Å². The number of hydrogen-bond donors (Lipinski definition) is 1. The van der Waals surface area contributed by atoms with Crippen LogP contribution in [0.1, 0.15) is 5.69 Å². The van der Waals surface area contributed by atoms with Gasteiger partial charge in [-0.1, -0.05) is 0 Å². The van der Waals surface area contributed by atoms with Crippen molar-refractivity contribution < 1.29 is 14.2 Å². The number of aromatic nitrogens is 3. The first kappa shape index (κ1) is 17.0. The second-order valence-electron chi connectivity index (χ2n) is 5.60. The largest absolute Gasteiger partial charge is 0.497 e. The zero-order chi connectivity index (χ0) is 17.8. The fourth-order valence-electron chi connectivity index (χ4n) is 2.60. The smallest absolute Gasteiger partial charge is 0.158 e. The van der Waals surface area contributed by atoms with Gasteiger partial charge in [0, 0.05) is 43.1 Å². The van der Waals surface area contributed by atoms with E-state index in [-0.39, 0.29) is 0 Å². The normalized spacial score (nSPS) is 10.9. The van der Waals surface area contributed by atoms with Crippen LogP contribution in [0.2, 0.25) is 0 Å². The van der Waals surface area contributed by atoms with E-state index in [9.17, 15) is 0 Å². The van der Waals surface area contributed by atoms with Crippen LogP contribution in [-0.4, -0.2) is 49.1 Å². The summed E-state index contributed by atoms with van der Waals surface area (Å²) in [5.74, 6) is 2.31. The number of fused-ring (bicyclic) bond motifs is 1. The number of nitrogens with zero attached hydrogens (tertiary/aromatic N) is 3. The molecule has 0 aliphatic rings. The molecule has 0 amide bonds. The van der Waals surface area contributed by atoms with E-state index in [4.69, 9.17) is 19.3 Å². The summed E-state index contributed by atoms with van der Waals surface area (Å²) in [5.41, 5.74) is 3.39. The van der Waals surface area contributed by atoms with Crippen molar-refractivity contribution in [3.05, 3.63) is 36.0 Å². The van der Waals surface area contributed by atoms with Crippen molar-refractivity contribution in [2.75, 3.05) is 39.8 Å². The minimum atomic E-state index is 0.615. The molecule has 7 heteroatoms. The number of ether oxygens (including phenoxy) is 3. The number of methoxy groups -OCH3 is 3. The van der Waals surface area contributed by atoms with Crippen LogP contribution >= 0.6 is 0 Å². The van der Waals surface area contributed by atoms with Crippen molar-refractivity contribution in [2.24, 2.45) is 0 Å². The van der Waals surface area contributed by atoms with E-state index in [1.54, 1.807) is 25.8 Å². The molecule has 0 unspecified atom stereocenters. The highest BCUT2D eigenvalue weighted by atomic mass is 16.5. The molecule has 2 aromatic heterocycles. The lowest BCUT2D eigenvalue weighted by molar-refractivity contribution is 0.210. The Hall–Kier alpha value is -2.80. The number of hydrogen-bond acceptors (Lipinski definition) is 6. The quantitative estimate of drug-likeness (QED) is 0.666. The molecule has 3 rings (SSSR count). The van der Waals surface area contributed by atoms with Gasteiger partial charge in [-0.3, -0.25) is 0 Å². The van der Waals surface area contributed by atoms with E-state index in [2.05, 4.69) is 10.3 Å². The average Bonchev–Trinajstić information content (AvgIpc) is 3.05. The van der Waals surface area contributed by atoms with Crippen molar-refractivity contribution in [1.82, 2.24) is 14.6 Å². The van der Waals surface area contributed by atoms with Crippen LogP contribution in [-0.2, 0) is 4.74 Å². The monoisotopic (exact) mass is 342 g/mol. The fourth-order valence-corrected chi connectivity index (χ4v) is 2.60. The predicted molar refractivity (Wildman–Crippen MR) is 96.6 cm³/mol. The van der Waals surface area contributed by atoms with Crippen molar-refractivity contribution in [3.8, 4) is 22.8 Å². The summed E-state index contributed by atoms with van der Waals surface area (Å²) in [4.78, 5) is 4.56. The van der Waals surface area contributed by atoms with Gasteiger partial charge in [-0.25, -0.2) is 4.98 Å². The Bertz CT molecular complexity index is 854. The number of anilines is 1.